The molecule has 0 spiro atoms. The minimum absolute atomic E-state index is 0.0976. The molecular formula is C26H22N4O4S. The number of carbonyl (C=O) groups excluding carboxylic acids is 4. The quantitative estimate of drug-likeness (QED) is 0.344. The van der Waals surface area contributed by atoms with E-state index in [-0.39, 0.29) is 35.4 Å². The fourth-order valence-electron chi connectivity index (χ4n) is 4.38. The number of benzene rings is 1. The van der Waals surface area contributed by atoms with Crippen LogP contribution in [0.25, 0.3) is 11.0 Å². The van der Waals surface area contributed by atoms with Crippen molar-refractivity contribution >= 4 is 45.8 Å². The van der Waals surface area contributed by atoms with Crippen LogP contribution in [0.3, 0.4) is 0 Å². The van der Waals surface area contributed by atoms with Crippen LogP contribution in [0.5, 0.6) is 0 Å². The number of Topliss-reactive ketones (excluding diaryl/α,β-unsaturated/α-hetero) is 1. The van der Waals surface area contributed by atoms with Crippen LogP contribution in [0.2, 0.25) is 0 Å². The molecule has 5 rings (SSSR count). The van der Waals surface area contributed by atoms with E-state index in [1.54, 1.807) is 35.2 Å². The third-order valence-electron chi connectivity index (χ3n) is 6.19. The maximum atomic E-state index is 13.2. The van der Waals surface area contributed by atoms with E-state index in [9.17, 15) is 19.2 Å². The normalized spacial score (nSPS) is 15.9. The van der Waals surface area contributed by atoms with Crippen molar-refractivity contribution in [2.24, 2.45) is 0 Å². The molecular weight excluding hydrogens is 464 g/mol. The number of aromatic nitrogens is 2. The molecule has 1 aromatic carbocycles. The van der Waals surface area contributed by atoms with Crippen molar-refractivity contribution in [1.29, 1.82) is 0 Å². The fraction of sp³-hybridized carbons (Fsp3) is 0.192. The van der Waals surface area contributed by atoms with Gasteiger partial charge in [0, 0.05) is 43.6 Å². The Morgan fingerprint density at radius 2 is 1.80 bits per heavy atom. The number of rotatable bonds is 5. The maximum Gasteiger partial charge on any atom is 0.295 e. The number of nitrogens with one attached hydrogen (secondary N) is 1. The van der Waals surface area contributed by atoms with Crippen molar-refractivity contribution in [3.63, 3.8) is 0 Å². The lowest BCUT2D eigenvalue weighted by Crippen LogP contribution is -2.56. The van der Waals surface area contributed by atoms with Gasteiger partial charge < -0.3 is 14.8 Å². The number of nitrogens with zero attached hydrogens (tertiary/aromatic N) is 3. The highest BCUT2D eigenvalue weighted by Gasteiger charge is 2.34. The molecule has 0 aliphatic carbocycles. The number of carbonyl (C=O) groups is 4. The highest BCUT2D eigenvalue weighted by molar-refractivity contribution is 7.12. The van der Waals surface area contributed by atoms with Crippen LogP contribution >= 0.6 is 11.3 Å². The van der Waals surface area contributed by atoms with Crippen LogP contribution in [0.1, 0.15) is 42.9 Å². The van der Waals surface area contributed by atoms with E-state index in [0.717, 1.165) is 0 Å². The summed E-state index contributed by atoms with van der Waals surface area (Å²) in [4.78, 5) is 63.0. The van der Waals surface area contributed by atoms with Gasteiger partial charge in [-0.2, -0.15) is 0 Å². The van der Waals surface area contributed by atoms with Crippen LogP contribution in [-0.4, -0.2) is 68.8 Å². The first-order chi connectivity index (χ1) is 17.0. The Morgan fingerprint density at radius 3 is 2.51 bits per heavy atom. The van der Waals surface area contributed by atoms with Gasteiger partial charge in [0.2, 0.25) is 5.78 Å². The van der Waals surface area contributed by atoms with E-state index < -0.39 is 11.7 Å². The predicted molar refractivity (Wildman–Crippen MR) is 132 cm³/mol. The van der Waals surface area contributed by atoms with E-state index >= 15 is 0 Å². The molecule has 1 N–H and O–H groups in total. The maximum absolute atomic E-state index is 13.2. The molecule has 0 saturated carbocycles. The van der Waals surface area contributed by atoms with E-state index in [4.69, 9.17) is 0 Å². The third-order valence-corrected chi connectivity index (χ3v) is 7.06. The van der Waals surface area contributed by atoms with Gasteiger partial charge in [-0.05, 0) is 36.6 Å². The smallest absolute Gasteiger partial charge is 0.295 e. The Balaban J connectivity index is 1.34. The van der Waals surface area contributed by atoms with Crippen molar-refractivity contribution in [1.82, 2.24) is 19.8 Å². The van der Waals surface area contributed by atoms with E-state index in [1.807, 2.05) is 30.5 Å². The number of H-pyrrole nitrogens is 1. The summed E-state index contributed by atoms with van der Waals surface area (Å²) in [6.45, 7) is 2.74. The number of hydrogen-bond donors (Lipinski definition) is 1. The van der Waals surface area contributed by atoms with E-state index in [0.29, 0.717) is 34.6 Å². The number of aromatic amines is 1. The Morgan fingerprint density at radius 1 is 1.00 bits per heavy atom. The largest absolute Gasteiger partial charge is 0.358 e. The van der Waals surface area contributed by atoms with Crippen molar-refractivity contribution in [2.75, 3.05) is 19.6 Å². The summed E-state index contributed by atoms with van der Waals surface area (Å²) >= 11 is 1.33. The van der Waals surface area contributed by atoms with Crippen LogP contribution in [-0.2, 0) is 4.79 Å². The molecule has 2 amide bonds. The van der Waals surface area contributed by atoms with Crippen molar-refractivity contribution < 1.29 is 19.2 Å². The summed E-state index contributed by atoms with van der Waals surface area (Å²) in [6.07, 6.45) is 2.90. The third kappa shape index (κ3) is 4.15. The number of hydrogen-bond acceptors (Lipinski definition) is 6. The lowest BCUT2D eigenvalue weighted by molar-refractivity contribution is -0.130. The molecule has 1 aliphatic rings. The van der Waals surface area contributed by atoms with Crippen LogP contribution in [0.4, 0.5) is 0 Å². The first kappa shape index (κ1) is 22.7. The number of amides is 2. The van der Waals surface area contributed by atoms with Crippen molar-refractivity contribution in [3.05, 3.63) is 87.9 Å². The van der Waals surface area contributed by atoms with E-state index in [2.05, 4.69) is 9.97 Å². The minimum Gasteiger partial charge on any atom is -0.358 e. The molecule has 176 valence electrons. The van der Waals surface area contributed by atoms with Gasteiger partial charge in [0.05, 0.1) is 27.0 Å². The van der Waals surface area contributed by atoms with Gasteiger partial charge in [0.1, 0.15) is 0 Å². The number of pyridine rings is 1. The van der Waals surface area contributed by atoms with Gasteiger partial charge in [0.25, 0.3) is 17.6 Å². The second-order valence-corrected chi connectivity index (χ2v) is 9.33. The average molecular weight is 487 g/mol. The van der Waals surface area contributed by atoms with E-state index in [1.165, 1.54) is 28.6 Å². The summed E-state index contributed by atoms with van der Waals surface area (Å²) in [5.41, 5.74) is 1.82. The monoisotopic (exact) mass is 486 g/mol. The average Bonchev–Trinajstić information content (AvgIpc) is 3.58. The fourth-order valence-corrected chi connectivity index (χ4v) is 5.06. The Hall–Kier alpha value is -4.11. The molecule has 0 bridgehead atoms. The molecule has 4 heterocycles. The first-order valence-corrected chi connectivity index (χ1v) is 12.1. The predicted octanol–water partition coefficient (Wildman–Crippen LogP) is 3.41. The number of thiophene rings is 1. The van der Waals surface area contributed by atoms with Gasteiger partial charge in [-0.1, -0.05) is 24.3 Å². The number of piperazine rings is 1. The standard InChI is InChI=1S/C26H22N4O4S/c1-16-15-29(25(33)17-6-3-2-4-7-17)11-12-30(16)26(34)24(32)19-14-28-21-18(9-10-27-22(19)21)23(31)20-8-5-13-35-20/h2-10,13-14,16,28H,11-12,15H2,1H3/t16-/m1/s1. The molecule has 0 radical (unpaired) electrons. The van der Waals surface area contributed by atoms with Gasteiger partial charge in [0.15, 0.2) is 0 Å². The molecule has 35 heavy (non-hydrogen) atoms. The SMILES string of the molecule is C[C@@H]1CN(C(=O)c2ccccc2)CCN1C(=O)C(=O)c1c[nH]c2c(C(=O)c3cccs3)ccnc12. The molecule has 3 aromatic heterocycles. The Labute approximate surface area is 205 Å². The van der Waals surface area contributed by atoms with Crippen LogP contribution in [0.15, 0.2) is 66.3 Å². The van der Waals surface area contributed by atoms with Crippen molar-refractivity contribution in [2.45, 2.75) is 13.0 Å². The summed E-state index contributed by atoms with van der Waals surface area (Å²) in [5.74, 6) is -1.62. The summed E-state index contributed by atoms with van der Waals surface area (Å²) in [7, 11) is 0. The van der Waals surface area contributed by atoms with Crippen LogP contribution in [0, 0.1) is 0 Å². The van der Waals surface area contributed by atoms with Gasteiger partial charge in [-0.15, -0.1) is 11.3 Å². The number of fused-ring (bicyclic) bond motifs is 1. The molecule has 1 aliphatic heterocycles. The summed E-state index contributed by atoms with van der Waals surface area (Å²) < 4.78 is 0. The van der Waals surface area contributed by atoms with Crippen molar-refractivity contribution in [3.8, 4) is 0 Å². The molecule has 1 saturated heterocycles. The molecule has 0 unspecified atom stereocenters. The van der Waals surface area contributed by atoms with Crippen LogP contribution < -0.4 is 0 Å². The van der Waals surface area contributed by atoms with Gasteiger partial charge in [-0.25, -0.2) is 0 Å². The number of ketones is 2. The minimum atomic E-state index is -0.695. The zero-order valence-corrected chi connectivity index (χ0v) is 19.7. The van der Waals surface area contributed by atoms with Gasteiger partial charge >= 0.3 is 0 Å². The molecule has 9 heteroatoms. The topological polar surface area (TPSA) is 103 Å². The highest BCUT2D eigenvalue weighted by atomic mass is 32.1. The first-order valence-electron chi connectivity index (χ1n) is 11.2. The Kier molecular flexibility index (Phi) is 6.00. The Bertz CT molecular complexity index is 1430. The highest BCUT2D eigenvalue weighted by Crippen LogP contribution is 2.25. The molecule has 1 fully saturated rings. The zero-order chi connectivity index (χ0) is 24.5. The second-order valence-electron chi connectivity index (χ2n) is 8.38. The molecule has 8 nitrogen and oxygen atoms in total. The lowest BCUT2D eigenvalue weighted by Gasteiger charge is -2.39. The van der Waals surface area contributed by atoms with Gasteiger partial charge in [-0.3, -0.25) is 24.2 Å². The lowest BCUT2D eigenvalue weighted by atomic mass is 10.1. The summed E-state index contributed by atoms with van der Waals surface area (Å²) in [6, 6.07) is 13.8. The summed E-state index contributed by atoms with van der Waals surface area (Å²) in [5, 5.41) is 1.82. The molecule has 4 aromatic rings. The molecule has 1 atom stereocenters. The second kappa shape index (κ2) is 9.27. The zero-order valence-electron chi connectivity index (χ0n) is 18.9.